The number of methoxy groups -OCH3 is 1. The van der Waals surface area contributed by atoms with E-state index in [2.05, 4.69) is 20.9 Å². The number of anilines is 2. The van der Waals surface area contributed by atoms with E-state index in [1.54, 1.807) is 61.7 Å². The van der Waals surface area contributed by atoms with E-state index in [0.717, 1.165) is 10.5 Å². The molecule has 0 fully saturated rings. The van der Waals surface area contributed by atoms with Crippen LogP contribution in [0.25, 0.3) is 17.3 Å². The maximum absolute atomic E-state index is 13.4. The second-order valence-electron chi connectivity index (χ2n) is 9.48. The van der Waals surface area contributed by atoms with Crippen molar-refractivity contribution >= 4 is 57.7 Å². The molecule has 4 aromatic carbocycles. The van der Waals surface area contributed by atoms with Crippen molar-refractivity contribution in [1.82, 2.24) is 10.3 Å². The van der Waals surface area contributed by atoms with Crippen molar-refractivity contribution in [2.45, 2.75) is 4.90 Å². The Kier molecular flexibility index (Phi) is 10.4. The molecular formula is C34H27FN4O4S2. The molecule has 0 aliphatic heterocycles. The number of hydrogen-bond acceptors (Lipinski definition) is 7. The largest absolute Gasteiger partial charge is 0.496 e. The van der Waals surface area contributed by atoms with Crippen molar-refractivity contribution in [3.63, 3.8) is 0 Å². The van der Waals surface area contributed by atoms with Crippen molar-refractivity contribution in [3.8, 4) is 17.0 Å². The van der Waals surface area contributed by atoms with Crippen LogP contribution in [0.4, 0.5) is 15.2 Å². The molecule has 0 bridgehead atoms. The Balaban J connectivity index is 1.18. The summed E-state index contributed by atoms with van der Waals surface area (Å²) < 4.78 is 18.8. The number of aromatic nitrogens is 1. The van der Waals surface area contributed by atoms with E-state index in [-0.39, 0.29) is 17.4 Å². The van der Waals surface area contributed by atoms with E-state index < -0.39 is 17.6 Å². The molecule has 45 heavy (non-hydrogen) atoms. The fourth-order valence-electron chi connectivity index (χ4n) is 4.12. The van der Waals surface area contributed by atoms with Crippen LogP contribution in [0.3, 0.4) is 0 Å². The van der Waals surface area contributed by atoms with Crippen LogP contribution in [0, 0.1) is 5.82 Å². The maximum atomic E-state index is 13.4. The van der Waals surface area contributed by atoms with E-state index >= 15 is 0 Å². The molecule has 11 heteroatoms. The number of nitrogens with zero attached hydrogens (tertiary/aromatic N) is 1. The normalized spacial score (nSPS) is 11.0. The first-order valence-electron chi connectivity index (χ1n) is 13.6. The molecule has 0 radical (unpaired) electrons. The van der Waals surface area contributed by atoms with Crippen molar-refractivity contribution in [1.29, 1.82) is 0 Å². The standard InChI is InChI=1S/C34H27FN4O4S2/c1-43-30-10-6-5-9-27(30)29-20-45-34(38-29)39-31(40)21-44-26-17-15-25(16-18-26)36-33(42)28(19-22-11-13-24(35)14-12-22)37-32(41)23-7-3-2-4-8-23/h2-20H,21H2,1H3,(H,36,42)(H,37,41)(H,38,39,40)/b28-19-. The number of carbonyl (C=O) groups excluding carboxylic acids is 3. The molecule has 0 atom stereocenters. The second kappa shape index (κ2) is 15.0. The van der Waals surface area contributed by atoms with E-state index in [0.29, 0.717) is 33.4 Å². The van der Waals surface area contributed by atoms with E-state index in [4.69, 9.17) is 4.74 Å². The average Bonchev–Trinajstić information content (AvgIpc) is 3.53. The van der Waals surface area contributed by atoms with E-state index in [9.17, 15) is 18.8 Å². The number of hydrogen-bond donors (Lipinski definition) is 3. The highest BCUT2D eigenvalue weighted by Crippen LogP contribution is 2.32. The van der Waals surface area contributed by atoms with Gasteiger partial charge in [0, 0.05) is 27.1 Å². The zero-order chi connectivity index (χ0) is 31.6. The SMILES string of the molecule is COc1ccccc1-c1csc(NC(=O)CSc2ccc(NC(=O)/C(=C/c3ccc(F)cc3)NC(=O)c3ccccc3)cc2)n1. The number of halogens is 1. The predicted octanol–water partition coefficient (Wildman–Crippen LogP) is 7.10. The lowest BCUT2D eigenvalue weighted by molar-refractivity contribution is -0.114. The Bertz CT molecular complexity index is 1830. The highest BCUT2D eigenvalue weighted by molar-refractivity contribution is 8.00. The summed E-state index contributed by atoms with van der Waals surface area (Å²) in [5, 5.41) is 10.6. The molecule has 5 rings (SSSR count). The molecule has 1 heterocycles. The molecule has 0 spiro atoms. The molecule has 3 amide bonds. The van der Waals surface area contributed by atoms with Crippen LogP contribution in [0.1, 0.15) is 15.9 Å². The lowest BCUT2D eigenvalue weighted by Gasteiger charge is -2.12. The molecule has 0 aliphatic rings. The van der Waals surface area contributed by atoms with E-state index in [1.807, 2.05) is 29.6 Å². The molecular weight excluding hydrogens is 612 g/mol. The van der Waals surface area contributed by atoms with Gasteiger partial charge in [-0.1, -0.05) is 42.5 Å². The van der Waals surface area contributed by atoms with Gasteiger partial charge in [-0.05, 0) is 72.3 Å². The van der Waals surface area contributed by atoms with Gasteiger partial charge in [0.1, 0.15) is 17.3 Å². The lowest BCUT2D eigenvalue weighted by Crippen LogP contribution is -2.30. The first kappa shape index (κ1) is 31.2. The van der Waals surface area contributed by atoms with Crippen LogP contribution >= 0.6 is 23.1 Å². The summed E-state index contributed by atoms with van der Waals surface area (Å²) in [6.45, 7) is 0. The summed E-state index contributed by atoms with van der Waals surface area (Å²) in [5.74, 6) is -0.776. The number of benzene rings is 4. The number of ether oxygens (including phenoxy) is 1. The minimum absolute atomic E-state index is 0.0124. The van der Waals surface area contributed by atoms with E-state index in [1.165, 1.54) is 53.4 Å². The van der Waals surface area contributed by atoms with Gasteiger partial charge in [-0.15, -0.1) is 23.1 Å². The van der Waals surface area contributed by atoms with Crippen LogP contribution in [0.5, 0.6) is 5.75 Å². The van der Waals surface area contributed by atoms with Crippen LogP contribution in [0.2, 0.25) is 0 Å². The molecule has 0 saturated heterocycles. The van der Waals surface area contributed by atoms with Crippen molar-refractivity contribution < 1.29 is 23.5 Å². The summed E-state index contributed by atoms with van der Waals surface area (Å²) in [6, 6.07) is 28.6. The van der Waals surface area contributed by atoms with Crippen molar-refractivity contribution in [2.75, 3.05) is 23.5 Å². The molecule has 0 saturated carbocycles. The van der Waals surface area contributed by atoms with Gasteiger partial charge in [0.15, 0.2) is 5.13 Å². The number of thioether (sulfide) groups is 1. The molecule has 226 valence electrons. The number of carbonyl (C=O) groups is 3. The number of rotatable bonds is 11. The Morgan fingerprint density at radius 3 is 2.33 bits per heavy atom. The summed E-state index contributed by atoms with van der Waals surface area (Å²) in [5.41, 5.74) is 2.95. The fraction of sp³-hybridized carbons (Fsp3) is 0.0588. The summed E-state index contributed by atoms with van der Waals surface area (Å²) in [4.78, 5) is 43.9. The van der Waals surface area contributed by atoms with Crippen molar-refractivity contribution in [2.24, 2.45) is 0 Å². The molecule has 0 aliphatic carbocycles. The number of thiazole rings is 1. The third-order valence-electron chi connectivity index (χ3n) is 6.33. The predicted molar refractivity (Wildman–Crippen MR) is 177 cm³/mol. The maximum Gasteiger partial charge on any atom is 0.272 e. The highest BCUT2D eigenvalue weighted by atomic mass is 32.2. The first-order chi connectivity index (χ1) is 21.9. The highest BCUT2D eigenvalue weighted by Gasteiger charge is 2.16. The number of para-hydroxylation sites is 1. The third-order valence-corrected chi connectivity index (χ3v) is 8.10. The summed E-state index contributed by atoms with van der Waals surface area (Å²) in [6.07, 6.45) is 1.47. The Morgan fingerprint density at radius 1 is 0.889 bits per heavy atom. The smallest absolute Gasteiger partial charge is 0.272 e. The van der Waals surface area contributed by atoms with Gasteiger partial charge in [-0.25, -0.2) is 9.37 Å². The molecule has 1 aromatic heterocycles. The van der Waals surface area contributed by atoms with Gasteiger partial charge in [0.05, 0.1) is 18.6 Å². The summed E-state index contributed by atoms with van der Waals surface area (Å²) >= 11 is 2.66. The second-order valence-corrected chi connectivity index (χ2v) is 11.4. The third kappa shape index (κ3) is 8.65. The lowest BCUT2D eigenvalue weighted by atomic mass is 10.1. The fourth-order valence-corrected chi connectivity index (χ4v) is 5.54. The minimum atomic E-state index is -0.556. The van der Waals surface area contributed by atoms with Gasteiger partial charge in [0.2, 0.25) is 5.91 Å². The van der Waals surface area contributed by atoms with Crippen LogP contribution in [-0.2, 0) is 9.59 Å². The molecule has 3 N–H and O–H groups in total. The molecule has 0 unspecified atom stereocenters. The number of amides is 3. The number of nitrogens with one attached hydrogen (secondary N) is 3. The summed E-state index contributed by atoms with van der Waals surface area (Å²) in [7, 11) is 1.60. The monoisotopic (exact) mass is 638 g/mol. The molecule has 8 nitrogen and oxygen atoms in total. The topological polar surface area (TPSA) is 109 Å². The zero-order valence-electron chi connectivity index (χ0n) is 24.0. The van der Waals surface area contributed by atoms with Gasteiger partial charge >= 0.3 is 0 Å². The van der Waals surface area contributed by atoms with Crippen molar-refractivity contribution in [3.05, 3.63) is 131 Å². The zero-order valence-corrected chi connectivity index (χ0v) is 25.6. The Hall–Kier alpha value is -5.26. The van der Waals surface area contributed by atoms with Gasteiger partial charge in [-0.3, -0.25) is 14.4 Å². The quantitative estimate of drug-likeness (QED) is 0.105. The van der Waals surface area contributed by atoms with Gasteiger partial charge < -0.3 is 20.7 Å². The van der Waals surface area contributed by atoms with Gasteiger partial charge in [-0.2, -0.15) is 0 Å². The Morgan fingerprint density at radius 2 is 1.60 bits per heavy atom. The van der Waals surface area contributed by atoms with Crippen LogP contribution in [0.15, 0.2) is 119 Å². The molecule has 5 aromatic rings. The average molecular weight is 639 g/mol. The first-order valence-corrected chi connectivity index (χ1v) is 15.5. The van der Waals surface area contributed by atoms with Crippen LogP contribution in [-0.4, -0.2) is 35.6 Å². The Labute approximate surface area is 267 Å². The van der Waals surface area contributed by atoms with Crippen LogP contribution < -0.4 is 20.7 Å². The minimum Gasteiger partial charge on any atom is -0.496 e. The van der Waals surface area contributed by atoms with Gasteiger partial charge in [0.25, 0.3) is 11.8 Å².